The van der Waals surface area contributed by atoms with Gasteiger partial charge in [-0.2, -0.15) is 0 Å². The van der Waals surface area contributed by atoms with Gasteiger partial charge in [0, 0.05) is 18.5 Å². The average molecular weight is 375 g/mol. The normalized spacial score (nSPS) is 11.5. The number of carbonyl (C=O) groups excluding carboxylic acids is 2. The van der Waals surface area contributed by atoms with Gasteiger partial charge in [0.25, 0.3) is 5.91 Å². The number of carbonyl (C=O) groups is 2. The molecule has 0 saturated heterocycles. The monoisotopic (exact) mass is 374 g/mol. The number of aryl methyl sites for hydroxylation is 1. The molecular formula is C20H23ClN2O3. The first kappa shape index (κ1) is 19.8. The van der Waals surface area contributed by atoms with Crippen LogP contribution in [0.1, 0.15) is 40.9 Å². The molecule has 0 aromatic heterocycles. The SMILES string of the molecule is COc1ccc(C)cc1C(C)NC(=O)CCNC(=O)c1ccccc1Cl. The standard InChI is InChI=1S/C20H23ClN2O3/c1-13-8-9-18(26-3)16(12-13)14(2)23-19(24)10-11-22-20(25)15-6-4-5-7-17(15)21/h4-9,12,14H,10-11H2,1-3H3,(H,22,25)(H,23,24). The molecule has 1 atom stereocenters. The van der Waals surface area contributed by atoms with Gasteiger partial charge in [-0.05, 0) is 32.0 Å². The molecule has 2 rings (SSSR count). The summed E-state index contributed by atoms with van der Waals surface area (Å²) >= 11 is 5.99. The minimum Gasteiger partial charge on any atom is -0.496 e. The van der Waals surface area contributed by atoms with Gasteiger partial charge >= 0.3 is 0 Å². The van der Waals surface area contributed by atoms with Gasteiger partial charge in [-0.25, -0.2) is 0 Å². The molecule has 0 radical (unpaired) electrons. The number of hydrogen-bond donors (Lipinski definition) is 2. The third kappa shape index (κ3) is 5.23. The van der Waals surface area contributed by atoms with Gasteiger partial charge in [0.05, 0.1) is 23.7 Å². The van der Waals surface area contributed by atoms with Crippen LogP contribution in [0.3, 0.4) is 0 Å². The van der Waals surface area contributed by atoms with Crippen molar-refractivity contribution >= 4 is 23.4 Å². The number of hydrogen-bond acceptors (Lipinski definition) is 3. The molecule has 138 valence electrons. The maximum atomic E-state index is 12.2. The lowest BCUT2D eigenvalue weighted by Gasteiger charge is -2.18. The zero-order valence-corrected chi connectivity index (χ0v) is 15.9. The number of rotatable bonds is 7. The highest BCUT2D eigenvalue weighted by Crippen LogP contribution is 2.26. The van der Waals surface area contributed by atoms with E-state index in [9.17, 15) is 9.59 Å². The third-order valence-corrected chi connectivity index (χ3v) is 4.31. The first-order chi connectivity index (χ1) is 12.4. The van der Waals surface area contributed by atoms with E-state index in [-0.39, 0.29) is 30.8 Å². The van der Waals surface area contributed by atoms with Crippen molar-refractivity contribution < 1.29 is 14.3 Å². The lowest BCUT2D eigenvalue weighted by Crippen LogP contribution is -2.32. The van der Waals surface area contributed by atoms with Crippen molar-refractivity contribution in [2.45, 2.75) is 26.3 Å². The van der Waals surface area contributed by atoms with Crippen molar-refractivity contribution in [3.63, 3.8) is 0 Å². The van der Waals surface area contributed by atoms with Crippen LogP contribution in [0, 0.1) is 6.92 Å². The Labute approximate surface area is 158 Å². The van der Waals surface area contributed by atoms with Crippen molar-refractivity contribution in [1.29, 1.82) is 0 Å². The largest absolute Gasteiger partial charge is 0.496 e. The Morgan fingerprint density at radius 2 is 1.92 bits per heavy atom. The molecule has 0 aliphatic heterocycles. The van der Waals surface area contributed by atoms with Crippen LogP contribution in [-0.4, -0.2) is 25.5 Å². The van der Waals surface area contributed by atoms with Crippen molar-refractivity contribution in [3.8, 4) is 5.75 Å². The van der Waals surface area contributed by atoms with E-state index in [0.29, 0.717) is 10.6 Å². The molecule has 0 heterocycles. The fraction of sp³-hybridized carbons (Fsp3) is 0.300. The number of nitrogens with one attached hydrogen (secondary N) is 2. The van der Waals surface area contributed by atoms with E-state index in [0.717, 1.165) is 16.9 Å². The lowest BCUT2D eigenvalue weighted by molar-refractivity contribution is -0.121. The van der Waals surface area contributed by atoms with E-state index in [1.807, 2.05) is 32.0 Å². The fourth-order valence-electron chi connectivity index (χ4n) is 2.61. The van der Waals surface area contributed by atoms with Gasteiger partial charge in [-0.15, -0.1) is 0 Å². The average Bonchev–Trinajstić information content (AvgIpc) is 2.61. The second-order valence-corrected chi connectivity index (χ2v) is 6.43. The van der Waals surface area contributed by atoms with E-state index in [1.54, 1.807) is 31.4 Å². The molecule has 0 bridgehead atoms. The third-order valence-electron chi connectivity index (χ3n) is 3.99. The van der Waals surface area contributed by atoms with Crippen LogP contribution in [0.15, 0.2) is 42.5 Å². The zero-order valence-electron chi connectivity index (χ0n) is 15.1. The van der Waals surface area contributed by atoms with Gasteiger partial charge in [0.15, 0.2) is 0 Å². The highest BCUT2D eigenvalue weighted by atomic mass is 35.5. The molecule has 6 heteroatoms. The maximum absolute atomic E-state index is 12.2. The fourth-order valence-corrected chi connectivity index (χ4v) is 2.84. The number of methoxy groups -OCH3 is 1. The van der Waals surface area contributed by atoms with E-state index < -0.39 is 0 Å². The Kier molecular flexibility index (Phi) is 7.04. The van der Waals surface area contributed by atoms with E-state index >= 15 is 0 Å². The Morgan fingerprint density at radius 1 is 1.19 bits per heavy atom. The topological polar surface area (TPSA) is 67.4 Å². The highest BCUT2D eigenvalue weighted by molar-refractivity contribution is 6.33. The molecule has 0 spiro atoms. The Bertz CT molecular complexity index is 792. The van der Waals surface area contributed by atoms with E-state index in [2.05, 4.69) is 10.6 Å². The molecule has 5 nitrogen and oxygen atoms in total. The number of ether oxygens (including phenoxy) is 1. The van der Waals surface area contributed by atoms with Crippen LogP contribution in [0.4, 0.5) is 0 Å². The van der Waals surface area contributed by atoms with E-state index in [1.165, 1.54) is 0 Å². The molecule has 1 unspecified atom stereocenters. The summed E-state index contributed by atoms with van der Waals surface area (Å²) in [6.07, 6.45) is 0.175. The number of halogens is 1. The summed E-state index contributed by atoms with van der Waals surface area (Å²) < 4.78 is 5.36. The first-order valence-electron chi connectivity index (χ1n) is 8.39. The summed E-state index contributed by atoms with van der Waals surface area (Å²) in [6.45, 7) is 4.12. The molecule has 0 saturated carbocycles. The van der Waals surface area contributed by atoms with Gasteiger partial charge < -0.3 is 15.4 Å². The van der Waals surface area contributed by atoms with Crippen molar-refractivity contribution in [3.05, 3.63) is 64.2 Å². The second-order valence-electron chi connectivity index (χ2n) is 6.02. The first-order valence-corrected chi connectivity index (χ1v) is 8.76. The van der Waals surface area contributed by atoms with Crippen LogP contribution >= 0.6 is 11.6 Å². The molecule has 0 aliphatic carbocycles. The van der Waals surface area contributed by atoms with Crippen LogP contribution in [-0.2, 0) is 4.79 Å². The summed E-state index contributed by atoms with van der Waals surface area (Å²) in [7, 11) is 1.60. The van der Waals surface area contributed by atoms with Gasteiger partial charge in [-0.1, -0.05) is 41.4 Å². The van der Waals surface area contributed by atoms with Crippen LogP contribution in [0.2, 0.25) is 5.02 Å². The highest BCUT2D eigenvalue weighted by Gasteiger charge is 2.15. The minimum atomic E-state index is -0.295. The Balaban J connectivity index is 1.86. The lowest BCUT2D eigenvalue weighted by atomic mass is 10.0. The minimum absolute atomic E-state index is 0.152. The summed E-state index contributed by atoms with van der Waals surface area (Å²) in [5, 5.41) is 6.02. The molecule has 0 fully saturated rings. The molecule has 2 N–H and O–H groups in total. The molecule has 26 heavy (non-hydrogen) atoms. The number of amides is 2. The van der Waals surface area contributed by atoms with Crippen molar-refractivity contribution in [2.75, 3.05) is 13.7 Å². The molecule has 2 aromatic rings. The summed E-state index contributed by atoms with van der Waals surface area (Å²) in [4.78, 5) is 24.2. The predicted octanol–water partition coefficient (Wildman–Crippen LogP) is 3.65. The molecule has 2 aromatic carbocycles. The van der Waals surface area contributed by atoms with Crippen LogP contribution in [0.5, 0.6) is 5.75 Å². The Morgan fingerprint density at radius 3 is 2.62 bits per heavy atom. The smallest absolute Gasteiger partial charge is 0.252 e. The van der Waals surface area contributed by atoms with Crippen molar-refractivity contribution in [1.82, 2.24) is 10.6 Å². The van der Waals surface area contributed by atoms with E-state index in [4.69, 9.17) is 16.3 Å². The quantitative estimate of drug-likeness (QED) is 0.777. The molecule has 2 amide bonds. The summed E-state index contributed by atoms with van der Waals surface area (Å²) in [6, 6.07) is 12.4. The maximum Gasteiger partial charge on any atom is 0.252 e. The second kappa shape index (κ2) is 9.25. The Hall–Kier alpha value is -2.53. The zero-order chi connectivity index (χ0) is 19.1. The summed E-state index contributed by atoms with van der Waals surface area (Å²) in [5.41, 5.74) is 2.40. The number of benzene rings is 2. The van der Waals surface area contributed by atoms with Gasteiger partial charge in [0.2, 0.25) is 5.91 Å². The molecular weight excluding hydrogens is 352 g/mol. The van der Waals surface area contributed by atoms with Crippen molar-refractivity contribution in [2.24, 2.45) is 0 Å². The molecule has 0 aliphatic rings. The summed E-state index contributed by atoms with van der Waals surface area (Å²) in [5.74, 6) is 0.285. The van der Waals surface area contributed by atoms with Gasteiger partial charge in [0.1, 0.15) is 5.75 Å². The predicted molar refractivity (Wildman–Crippen MR) is 103 cm³/mol. The van der Waals surface area contributed by atoms with Crippen LogP contribution < -0.4 is 15.4 Å². The van der Waals surface area contributed by atoms with Gasteiger partial charge in [-0.3, -0.25) is 9.59 Å². The van der Waals surface area contributed by atoms with Crippen LogP contribution in [0.25, 0.3) is 0 Å².